The SMILES string of the molecule is Cc1cccc(CN2CC[C@@]3(CCCN(Cc4ccc(F)c(F)c4)C3)C2)n1. The fourth-order valence-corrected chi connectivity index (χ4v) is 4.75. The number of halogens is 2. The third-order valence-corrected chi connectivity index (χ3v) is 5.98. The summed E-state index contributed by atoms with van der Waals surface area (Å²) >= 11 is 0. The largest absolute Gasteiger partial charge is 0.298 e. The van der Waals surface area contributed by atoms with Crippen molar-refractivity contribution in [1.82, 2.24) is 14.8 Å². The maximum Gasteiger partial charge on any atom is 0.159 e. The molecule has 0 radical (unpaired) electrons. The number of aryl methyl sites for hydroxylation is 1. The highest BCUT2D eigenvalue weighted by Gasteiger charge is 2.41. The van der Waals surface area contributed by atoms with E-state index in [1.54, 1.807) is 6.07 Å². The standard InChI is InChI=1S/C22H27F2N3/c1-17-4-2-5-19(25-17)14-27-11-9-22(16-27)8-3-10-26(15-22)13-18-6-7-20(23)21(24)12-18/h2,4-7,12H,3,8-11,13-16H2,1H3/t22-/m1/s1. The summed E-state index contributed by atoms with van der Waals surface area (Å²) in [7, 11) is 0. The first kappa shape index (κ1) is 18.5. The number of rotatable bonds is 4. The molecule has 1 atom stereocenters. The molecule has 0 amide bonds. The van der Waals surface area contributed by atoms with E-state index < -0.39 is 11.6 Å². The second kappa shape index (κ2) is 7.64. The van der Waals surface area contributed by atoms with Crippen molar-refractivity contribution < 1.29 is 8.78 Å². The second-order valence-corrected chi connectivity index (χ2v) is 8.29. The Morgan fingerprint density at radius 1 is 0.963 bits per heavy atom. The lowest BCUT2D eigenvalue weighted by molar-refractivity contribution is 0.0864. The van der Waals surface area contributed by atoms with Crippen LogP contribution in [0.15, 0.2) is 36.4 Å². The molecule has 2 saturated heterocycles. The lowest BCUT2D eigenvalue weighted by atomic mass is 9.79. The molecular formula is C22H27F2N3. The van der Waals surface area contributed by atoms with E-state index >= 15 is 0 Å². The maximum absolute atomic E-state index is 13.5. The molecular weight excluding hydrogens is 344 g/mol. The highest BCUT2D eigenvalue weighted by molar-refractivity contribution is 5.18. The summed E-state index contributed by atoms with van der Waals surface area (Å²) in [6, 6.07) is 10.5. The Hall–Kier alpha value is -1.85. The average Bonchev–Trinajstić information content (AvgIpc) is 3.00. The molecule has 2 aromatic rings. The van der Waals surface area contributed by atoms with Gasteiger partial charge in [-0.1, -0.05) is 12.1 Å². The third kappa shape index (κ3) is 4.36. The Labute approximate surface area is 160 Å². The Bertz CT molecular complexity index is 810. The van der Waals surface area contributed by atoms with Crippen LogP contribution in [0.2, 0.25) is 0 Å². The van der Waals surface area contributed by atoms with Gasteiger partial charge in [-0.25, -0.2) is 8.78 Å². The summed E-state index contributed by atoms with van der Waals surface area (Å²) in [5.74, 6) is -1.53. The van der Waals surface area contributed by atoms with E-state index in [9.17, 15) is 8.78 Å². The van der Waals surface area contributed by atoms with E-state index in [0.717, 1.165) is 49.7 Å². The number of aromatic nitrogens is 1. The molecule has 0 bridgehead atoms. The molecule has 1 aromatic heterocycles. The topological polar surface area (TPSA) is 19.4 Å². The van der Waals surface area contributed by atoms with Crippen LogP contribution in [0.5, 0.6) is 0 Å². The summed E-state index contributed by atoms with van der Waals surface area (Å²) in [5.41, 5.74) is 3.38. The minimum atomic E-state index is -0.773. The Morgan fingerprint density at radius 2 is 1.78 bits per heavy atom. The number of benzene rings is 1. The molecule has 0 aliphatic carbocycles. The van der Waals surface area contributed by atoms with E-state index in [4.69, 9.17) is 0 Å². The predicted molar refractivity (Wildman–Crippen MR) is 102 cm³/mol. The summed E-state index contributed by atoms with van der Waals surface area (Å²) in [6.45, 7) is 7.90. The highest BCUT2D eigenvalue weighted by atomic mass is 19.2. The summed E-state index contributed by atoms with van der Waals surface area (Å²) in [4.78, 5) is 9.56. The van der Waals surface area contributed by atoms with Gasteiger partial charge in [-0.15, -0.1) is 0 Å². The molecule has 2 fully saturated rings. The van der Waals surface area contributed by atoms with Gasteiger partial charge in [0.2, 0.25) is 0 Å². The van der Waals surface area contributed by atoms with Crippen molar-refractivity contribution in [2.45, 2.75) is 39.3 Å². The van der Waals surface area contributed by atoms with Gasteiger partial charge in [-0.2, -0.15) is 0 Å². The van der Waals surface area contributed by atoms with Gasteiger partial charge in [0.05, 0.1) is 5.69 Å². The highest BCUT2D eigenvalue weighted by Crippen LogP contribution is 2.39. The smallest absolute Gasteiger partial charge is 0.159 e. The van der Waals surface area contributed by atoms with Crippen molar-refractivity contribution in [3.63, 3.8) is 0 Å². The van der Waals surface area contributed by atoms with Gasteiger partial charge in [0, 0.05) is 31.9 Å². The molecule has 3 nitrogen and oxygen atoms in total. The fraction of sp³-hybridized carbons (Fsp3) is 0.500. The number of hydrogen-bond acceptors (Lipinski definition) is 3. The zero-order valence-corrected chi connectivity index (χ0v) is 15.9. The van der Waals surface area contributed by atoms with E-state index in [-0.39, 0.29) is 0 Å². The van der Waals surface area contributed by atoms with Crippen LogP contribution < -0.4 is 0 Å². The van der Waals surface area contributed by atoms with Crippen LogP contribution in [0.25, 0.3) is 0 Å². The first-order valence-electron chi connectivity index (χ1n) is 9.83. The molecule has 4 rings (SSSR count). The molecule has 1 spiro atoms. The summed E-state index contributed by atoms with van der Waals surface area (Å²) in [6.07, 6.45) is 3.62. The van der Waals surface area contributed by atoms with Gasteiger partial charge in [-0.3, -0.25) is 14.8 Å². The number of piperidine rings is 1. The minimum Gasteiger partial charge on any atom is -0.298 e. The third-order valence-electron chi connectivity index (χ3n) is 5.98. The van der Waals surface area contributed by atoms with Crippen molar-refractivity contribution in [3.8, 4) is 0 Å². The number of hydrogen-bond donors (Lipinski definition) is 0. The van der Waals surface area contributed by atoms with Crippen LogP contribution in [0, 0.1) is 24.0 Å². The van der Waals surface area contributed by atoms with Gasteiger partial charge in [-0.05, 0) is 74.5 Å². The zero-order valence-electron chi connectivity index (χ0n) is 15.9. The molecule has 5 heteroatoms. The molecule has 2 aliphatic rings. The molecule has 0 saturated carbocycles. The number of likely N-dealkylation sites (tertiary alicyclic amines) is 2. The minimum absolute atomic E-state index is 0.320. The van der Waals surface area contributed by atoms with Crippen molar-refractivity contribution in [2.24, 2.45) is 5.41 Å². The van der Waals surface area contributed by atoms with Crippen molar-refractivity contribution in [2.75, 3.05) is 26.2 Å². The van der Waals surface area contributed by atoms with Gasteiger partial charge in [0.1, 0.15) is 0 Å². The van der Waals surface area contributed by atoms with Crippen LogP contribution in [0.1, 0.15) is 36.2 Å². The molecule has 2 aliphatic heterocycles. The van der Waals surface area contributed by atoms with E-state index in [0.29, 0.717) is 12.0 Å². The number of pyridine rings is 1. The lowest BCUT2D eigenvalue weighted by Gasteiger charge is -2.40. The van der Waals surface area contributed by atoms with Crippen molar-refractivity contribution in [1.29, 1.82) is 0 Å². The second-order valence-electron chi connectivity index (χ2n) is 8.29. The maximum atomic E-state index is 13.5. The predicted octanol–water partition coefficient (Wildman–Crippen LogP) is 4.16. The van der Waals surface area contributed by atoms with Crippen LogP contribution in [-0.2, 0) is 13.1 Å². The van der Waals surface area contributed by atoms with Crippen molar-refractivity contribution >= 4 is 0 Å². The van der Waals surface area contributed by atoms with Gasteiger partial charge < -0.3 is 0 Å². The van der Waals surface area contributed by atoms with Gasteiger partial charge in [0.25, 0.3) is 0 Å². The number of nitrogens with zero attached hydrogens (tertiary/aromatic N) is 3. The Morgan fingerprint density at radius 3 is 2.56 bits per heavy atom. The first-order chi connectivity index (χ1) is 13.0. The molecule has 0 N–H and O–H groups in total. The quantitative estimate of drug-likeness (QED) is 0.805. The zero-order chi connectivity index (χ0) is 18.9. The monoisotopic (exact) mass is 371 g/mol. The average molecular weight is 371 g/mol. The van der Waals surface area contributed by atoms with Crippen LogP contribution in [0.3, 0.4) is 0 Å². The van der Waals surface area contributed by atoms with Crippen molar-refractivity contribution in [3.05, 3.63) is 65.0 Å². The Kier molecular flexibility index (Phi) is 5.24. The van der Waals surface area contributed by atoms with Gasteiger partial charge >= 0.3 is 0 Å². The lowest BCUT2D eigenvalue weighted by Crippen LogP contribution is -2.44. The van der Waals surface area contributed by atoms with E-state index in [1.165, 1.54) is 31.4 Å². The van der Waals surface area contributed by atoms with Crippen LogP contribution in [0.4, 0.5) is 8.78 Å². The molecule has 3 heterocycles. The molecule has 27 heavy (non-hydrogen) atoms. The molecule has 144 valence electrons. The van der Waals surface area contributed by atoms with E-state index in [1.807, 2.05) is 13.0 Å². The van der Waals surface area contributed by atoms with E-state index in [2.05, 4.69) is 26.9 Å². The van der Waals surface area contributed by atoms with Gasteiger partial charge in [0.15, 0.2) is 11.6 Å². The first-order valence-corrected chi connectivity index (χ1v) is 9.83. The molecule has 0 unspecified atom stereocenters. The Balaban J connectivity index is 1.38. The fourth-order valence-electron chi connectivity index (χ4n) is 4.75. The van der Waals surface area contributed by atoms with Crippen LogP contribution in [-0.4, -0.2) is 41.0 Å². The summed E-state index contributed by atoms with van der Waals surface area (Å²) < 4.78 is 26.7. The molecule has 1 aromatic carbocycles. The summed E-state index contributed by atoms with van der Waals surface area (Å²) in [5, 5.41) is 0. The van der Waals surface area contributed by atoms with Crippen LogP contribution >= 0.6 is 0 Å². The normalized spacial score (nSPS) is 24.0.